The van der Waals surface area contributed by atoms with E-state index in [0.717, 1.165) is 0 Å². The molecule has 6 bridgehead atoms. The van der Waals surface area contributed by atoms with Crippen LogP contribution in [0.2, 0.25) is 0 Å². The first-order valence-corrected chi connectivity index (χ1v) is 20.6. The molecule has 0 aliphatic carbocycles. The molecule has 6 amide bonds. The van der Waals surface area contributed by atoms with E-state index >= 15 is 0 Å². The van der Waals surface area contributed by atoms with Gasteiger partial charge in [-0.3, -0.25) is 38.6 Å². The minimum atomic E-state index is -1.69. The van der Waals surface area contributed by atoms with Crippen molar-refractivity contribution < 1.29 is 38.7 Å². The maximum Gasteiger partial charge on any atom is 0.305 e. The molecule has 340 valence electrons. The molecule has 11 N–H and O–H groups in total. The lowest BCUT2D eigenvalue weighted by atomic mass is 10.0. The zero-order valence-electron chi connectivity index (χ0n) is 35.4. The monoisotopic (exact) mass is 883 g/mol. The standard InChI is InChI=1S/C41H53N15O8/c1-24(2)36-40(64)45-20-27-23-56(54-52-27)29-15-13-28(14-16-29)55-22-26(51-53-55)10-6-12-33(57)47-30(11-7-17-44-41(42)43)37(61)46-21-34(58)48-32(19-35(59)60)38(62)49-31(39(63)50-36)18-25-8-4-3-5-9-25/h3-5,8-9,13-16,22-24,30-32,36H,6-7,10-12,17-21H2,1-2H3,(H,45,64)(H,46,61)(H,47,57)(H,48,58)(H,49,62)(H,50,63)(H,59,60)(H4,42,43,44)/t30-,31+,32-,36-/m0/s1. The van der Waals surface area contributed by atoms with Crippen LogP contribution in [0.3, 0.4) is 0 Å². The number of hydrogen-bond donors (Lipinski definition) is 9. The number of nitrogens with zero attached hydrogens (tertiary/aromatic N) is 7. The van der Waals surface area contributed by atoms with Gasteiger partial charge in [-0.05, 0) is 61.4 Å². The SMILES string of the molecule is CC(C)[C@@H]1NC(=O)[C@@H](Cc2ccccc2)NC(=O)[C@H](CC(=O)O)NC(=O)CNC(=O)[C@H](CCCN=C(N)N)NC(=O)CCCc2cn(nn2)-c2ccc(cc2)-n2cc(nn2)CNC1=O. The molecule has 23 heteroatoms. The number of fused-ring (bicyclic) bond motifs is 22. The minimum absolute atomic E-state index is 0.0245. The summed E-state index contributed by atoms with van der Waals surface area (Å²) in [7, 11) is 0. The Morgan fingerprint density at radius 3 is 1.98 bits per heavy atom. The quantitative estimate of drug-likeness (QED) is 0.0391. The second-order valence-corrected chi connectivity index (χ2v) is 15.4. The van der Waals surface area contributed by atoms with Crippen molar-refractivity contribution in [3.63, 3.8) is 0 Å². The van der Waals surface area contributed by atoms with Gasteiger partial charge < -0.3 is 48.5 Å². The van der Waals surface area contributed by atoms with E-state index in [1.54, 1.807) is 73.4 Å². The molecule has 0 saturated carbocycles. The molecule has 23 nitrogen and oxygen atoms in total. The topological polar surface area (TPSA) is 338 Å². The number of nitrogens with two attached hydrogens (primary N) is 2. The van der Waals surface area contributed by atoms with Gasteiger partial charge in [0.2, 0.25) is 35.4 Å². The van der Waals surface area contributed by atoms with Crippen LogP contribution in [0.1, 0.15) is 62.9 Å². The highest BCUT2D eigenvalue weighted by molar-refractivity contribution is 5.97. The van der Waals surface area contributed by atoms with E-state index in [1.807, 2.05) is 12.1 Å². The Balaban J connectivity index is 1.40. The Morgan fingerprint density at radius 1 is 0.734 bits per heavy atom. The second-order valence-electron chi connectivity index (χ2n) is 15.4. The van der Waals surface area contributed by atoms with Crippen LogP contribution in [0.15, 0.2) is 72.0 Å². The number of amides is 6. The first-order valence-electron chi connectivity index (χ1n) is 20.6. The first-order chi connectivity index (χ1) is 30.6. The summed E-state index contributed by atoms with van der Waals surface area (Å²) in [6.45, 7) is 2.88. The molecule has 6 rings (SSSR count). The molecule has 0 fully saturated rings. The van der Waals surface area contributed by atoms with Crippen molar-refractivity contribution in [3.05, 3.63) is 83.9 Å². The predicted molar refractivity (Wildman–Crippen MR) is 229 cm³/mol. The number of rotatable bonds is 9. The number of nitrogens with one attached hydrogen (secondary N) is 6. The highest BCUT2D eigenvalue weighted by Gasteiger charge is 2.32. The van der Waals surface area contributed by atoms with E-state index in [1.165, 1.54) is 4.68 Å². The van der Waals surface area contributed by atoms with Gasteiger partial charge in [-0.15, -0.1) is 10.2 Å². The first kappa shape index (κ1) is 47.3. The number of aromatic nitrogens is 6. The molecule has 2 aliphatic rings. The Bertz CT molecular complexity index is 2290. The van der Waals surface area contributed by atoms with Gasteiger partial charge in [0, 0.05) is 19.4 Å². The maximum absolute atomic E-state index is 14.0. The molecule has 0 spiro atoms. The van der Waals surface area contributed by atoms with Gasteiger partial charge in [-0.25, -0.2) is 9.36 Å². The van der Waals surface area contributed by atoms with Crippen LogP contribution in [-0.4, -0.2) is 120 Å². The average Bonchev–Trinajstić information content (AvgIpc) is 3.94. The second kappa shape index (κ2) is 22.9. The number of guanidine groups is 1. The van der Waals surface area contributed by atoms with Crippen LogP contribution in [-0.2, 0) is 52.9 Å². The molecule has 4 aromatic rings. The van der Waals surface area contributed by atoms with Crippen LogP contribution >= 0.6 is 0 Å². The fourth-order valence-electron chi connectivity index (χ4n) is 6.60. The van der Waals surface area contributed by atoms with E-state index in [0.29, 0.717) is 41.2 Å². The molecule has 0 radical (unpaired) electrons. The number of carbonyl (C=O) groups is 7. The summed E-state index contributed by atoms with van der Waals surface area (Å²) in [5, 5.41) is 41.9. The molecular weight excluding hydrogens is 831 g/mol. The van der Waals surface area contributed by atoms with Crippen LogP contribution < -0.4 is 43.4 Å². The highest BCUT2D eigenvalue weighted by atomic mass is 16.4. The zero-order chi connectivity index (χ0) is 46.2. The van der Waals surface area contributed by atoms with Gasteiger partial charge in [0.05, 0.1) is 49.0 Å². The van der Waals surface area contributed by atoms with Crippen molar-refractivity contribution in [3.8, 4) is 11.4 Å². The van der Waals surface area contributed by atoms with E-state index < -0.39 is 84.5 Å². The maximum atomic E-state index is 14.0. The van der Waals surface area contributed by atoms with Crippen LogP contribution in [0.5, 0.6) is 0 Å². The smallest absolute Gasteiger partial charge is 0.305 e. The summed E-state index contributed by atoms with van der Waals surface area (Å²) in [4.78, 5) is 96.7. The number of benzene rings is 2. The van der Waals surface area contributed by atoms with E-state index in [9.17, 15) is 38.7 Å². The zero-order valence-corrected chi connectivity index (χ0v) is 35.4. The molecule has 64 heavy (non-hydrogen) atoms. The normalized spacial score (nSPS) is 19.8. The van der Waals surface area contributed by atoms with Gasteiger partial charge in [0.15, 0.2) is 5.96 Å². The summed E-state index contributed by atoms with van der Waals surface area (Å²) in [6, 6.07) is 10.7. The molecule has 0 saturated heterocycles. The number of aryl methyl sites for hydroxylation is 1. The van der Waals surface area contributed by atoms with Gasteiger partial charge in [0.1, 0.15) is 29.9 Å². The molecule has 2 aromatic heterocycles. The minimum Gasteiger partial charge on any atom is -0.481 e. The summed E-state index contributed by atoms with van der Waals surface area (Å²) in [5.74, 6) is -6.43. The van der Waals surface area contributed by atoms with Gasteiger partial charge >= 0.3 is 5.97 Å². The van der Waals surface area contributed by atoms with E-state index in [4.69, 9.17) is 11.5 Å². The lowest BCUT2D eigenvalue weighted by molar-refractivity contribution is -0.141. The van der Waals surface area contributed by atoms with Crippen molar-refractivity contribution in [2.45, 2.75) is 89.5 Å². The highest BCUT2D eigenvalue weighted by Crippen LogP contribution is 2.14. The van der Waals surface area contributed by atoms with Gasteiger partial charge in [-0.1, -0.05) is 54.6 Å². The Morgan fingerprint density at radius 2 is 1.34 bits per heavy atom. The Hall–Kier alpha value is -7.72. The molecular formula is C41H53N15O8. The number of aliphatic carboxylic acids is 1. The van der Waals surface area contributed by atoms with Crippen LogP contribution in [0.4, 0.5) is 0 Å². The predicted octanol–water partition coefficient (Wildman–Crippen LogP) is -1.72. The number of aliphatic imine (C=N–C) groups is 1. The summed E-state index contributed by atoms with van der Waals surface area (Å²) in [6.07, 6.45) is 3.60. The van der Waals surface area contributed by atoms with Crippen LogP contribution in [0.25, 0.3) is 11.4 Å². The van der Waals surface area contributed by atoms with Crippen molar-refractivity contribution in [1.29, 1.82) is 0 Å². The third-order valence-electron chi connectivity index (χ3n) is 9.95. The van der Waals surface area contributed by atoms with Crippen molar-refractivity contribution in [2.75, 3.05) is 13.1 Å². The average molecular weight is 884 g/mol. The Labute approximate surface area is 367 Å². The van der Waals surface area contributed by atoms with Crippen molar-refractivity contribution in [1.82, 2.24) is 61.9 Å². The third-order valence-corrected chi connectivity index (χ3v) is 9.95. The van der Waals surface area contributed by atoms with Crippen LogP contribution in [0, 0.1) is 5.92 Å². The lowest BCUT2D eigenvalue weighted by Gasteiger charge is -2.26. The van der Waals surface area contributed by atoms with Crippen molar-refractivity contribution in [2.24, 2.45) is 22.4 Å². The fraction of sp³-hybridized carbons (Fsp3) is 0.415. The number of carbonyl (C=O) groups excluding carboxylic acids is 6. The number of carboxylic acids is 1. The third kappa shape index (κ3) is 14.4. The number of carboxylic acid groups (broad SMARTS) is 1. The summed E-state index contributed by atoms with van der Waals surface area (Å²) in [5.41, 5.74) is 13.9. The number of hydrogen-bond acceptors (Lipinski definition) is 12. The van der Waals surface area contributed by atoms with E-state index in [-0.39, 0.29) is 44.7 Å². The Kier molecular flexibility index (Phi) is 17.0. The summed E-state index contributed by atoms with van der Waals surface area (Å²) < 4.78 is 3.11. The van der Waals surface area contributed by atoms with E-state index in [2.05, 4.69) is 57.5 Å². The van der Waals surface area contributed by atoms with Gasteiger partial charge in [0.25, 0.3) is 0 Å². The summed E-state index contributed by atoms with van der Waals surface area (Å²) >= 11 is 0. The lowest BCUT2D eigenvalue weighted by Crippen LogP contribution is -2.59. The van der Waals surface area contributed by atoms with Crippen molar-refractivity contribution >= 4 is 47.4 Å². The molecule has 2 aliphatic heterocycles. The van der Waals surface area contributed by atoms with Gasteiger partial charge in [-0.2, -0.15) is 0 Å². The molecule has 4 atom stereocenters. The largest absolute Gasteiger partial charge is 0.481 e. The molecule has 0 unspecified atom stereocenters. The molecule has 4 heterocycles. The fourth-order valence-corrected chi connectivity index (χ4v) is 6.60. The molecule has 2 aromatic carbocycles.